The van der Waals surface area contributed by atoms with Crippen molar-refractivity contribution >= 4 is 29.1 Å². The molecule has 1 rings (SSSR count). The molecule has 0 aliphatic heterocycles. The zero-order valence-electron chi connectivity index (χ0n) is 7.97. The molecule has 0 heterocycles. The van der Waals surface area contributed by atoms with Crippen molar-refractivity contribution in [2.45, 2.75) is 19.3 Å². The lowest BCUT2D eigenvalue weighted by Crippen LogP contribution is -2.35. The van der Waals surface area contributed by atoms with Gasteiger partial charge in [-0.1, -0.05) is 29.3 Å². The van der Waals surface area contributed by atoms with Crippen LogP contribution in [0.1, 0.15) is 19.4 Å². The molecule has 1 aromatic carbocycles. The number of hydrogen-bond donors (Lipinski definition) is 1. The molecule has 0 radical (unpaired) electrons. The zero-order chi connectivity index (χ0) is 10.9. The average Bonchev–Trinajstić information content (AvgIpc) is 2.09. The van der Waals surface area contributed by atoms with Gasteiger partial charge in [0, 0.05) is 0 Å². The van der Waals surface area contributed by atoms with Gasteiger partial charge in [-0.3, -0.25) is 4.79 Å². The van der Waals surface area contributed by atoms with Crippen molar-refractivity contribution in [1.29, 1.82) is 0 Å². The number of halogens is 2. The van der Waals surface area contributed by atoms with E-state index in [1.807, 2.05) is 0 Å². The average molecular weight is 232 g/mol. The molecule has 1 amide bonds. The molecule has 0 saturated heterocycles. The lowest BCUT2D eigenvalue weighted by atomic mass is 9.84. The molecule has 76 valence electrons. The maximum atomic E-state index is 11.2. The summed E-state index contributed by atoms with van der Waals surface area (Å²) in [6, 6.07) is 5.07. The molecule has 0 aromatic heterocycles. The third-order valence-electron chi connectivity index (χ3n) is 2.26. The minimum atomic E-state index is -0.728. The minimum absolute atomic E-state index is 0.393. The third-order valence-corrected chi connectivity index (χ3v) is 3.00. The van der Waals surface area contributed by atoms with E-state index < -0.39 is 11.3 Å². The quantitative estimate of drug-likeness (QED) is 0.836. The fourth-order valence-corrected chi connectivity index (χ4v) is 1.33. The second-order valence-corrected chi connectivity index (χ2v) is 4.43. The van der Waals surface area contributed by atoms with E-state index in [9.17, 15) is 4.79 Å². The molecule has 0 aliphatic rings. The molecule has 0 bridgehead atoms. The van der Waals surface area contributed by atoms with E-state index in [1.165, 1.54) is 0 Å². The number of nitrogens with two attached hydrogens (primary N) is 1. The molecule has 14 heavy (non-hydrogen) atoms. The van der Waals surface area contributed by atoms with E-state index in [4.69, 9.17) is 28.9 Å². The second-order valence-electron chi connectivity index (χ2n) is 3.62. The largest absolute Gasteiger partial charge is 0.369 e. The Labute approximate surface area is 93.0 Å². The summed E-state index contributed by atoms with van der Waals surface area (Å²) in [4.78, 5) is 11.2. The maximum absolute atomic E-state index is 11.2. The Balaban J connectivity index is 3.21. The van der Waals surface area contributed by atoms with Crippen molar-refractivity contribution in [1.82, 2.24) is 0 Å². The van der Waals surface area contributed by atoms with E-state index in [2.05, 4.69) is 0 Å². The molecular formula is C10H11Cl2NO. The van der Waals surface area contributed by atoms with Crippen molar-refractivity contribution in [2.24, 2.45) is 5.73 Å². The first-order chi connectivity index (χ1) is 6.35. The lowest BCUT2D eigenvalue weighted by Gasteiger charge is -2.21. The van der Waals surface area contributed by atoms with Crippen molar-refractivity contribution in [2.75, 3.05) is 0 Å². The topological polar surface area (TPSA) is 43.1 Å². The molecule has 0 aliphatic carbocycles. The van der Waals surface area contributed by atoms with E-state index in [-0.39, 0.29) is 0 Å². The Kier molecular flexibility index (Phi) is 3.07. The van der Waals surface area contributed by atoms with E-state index in [1.54, 1.807) is 32.0 Å². The maximum Gasteiger partial charge on any atom is 0.227 e. The standard InChI is InChI=1S/C10H11Cl2NO/c1-10(2,9(13)14)6-3-4-7(11)8(12)5-6/h3-5H,1-2H3,(H2,13,14). The summed E-state index contributed by atoms with van der Waals surface area (Å²) in [5.41, 5.74) is 5.31. The summed E-state index contributed by atoms with van der Waals surface area (Å²) in [5, 5.41) is 0.897. The molecule has 0 atom stereocenters. The van der Waals surface area contributed by atoms with Crippen LogP contribution in [0.2, 0.25) is 10.0 Å². The van der Waals surface area contributed by atoms with Crippen LogP contribution in [-0.4, -0.2) is 5.91 Å². The van der Waals surface area contributed by atoms with Crippen LogP contribution in [0.25, 0.3) is 0 Å². The summed E-state index contributed by atoms with van der Waals surface area (Å²) in [6.07, 6.45) is 0. The zero-order valence-corrected chi connectivity index (χ0v) is 9.49. The highest BCUT2D eigenvalue weighted by atomic mass is 35.5. The summed E-state index contributed by atoms with van der Waals surface area (Å²) in [6.45, 7) is 3.49. The van der Waals surface area contributed by atoms with Crippen LogP contribution in [0.4, 0.5) is 0 Å². The number of benzene rings is 1. The summed E-state index contributed by atoms with van der Waals surface area (Å²) < 4.78 is 0. The Morgan fingerprint density at radius 1 is 1.29 bits per heavy atom. The molecular weight excluding hydrogens is 221 g/mol. The van der Waals surface area contributed by atoms with Gasteiger partial charge in [-0.05, 0) is 31.5 Å². The van der Waals surface area contributed by atoms with Gasteiger partial charge in [0.2, 0.25) is 5.91 Å². The second kappa shape index (κ2) is 3.79. The van der Waals surface area contributed by atoms with Crippen molar-refractivity contribution in [3.05, 3.63) is 33.8 Å². The van der Waals surface area contributed by atoms with Crippen LogP contribution in [0, 0.1) is 0 Å². The van der Waals surface area contributed by atoms with Crippen LogP contribution in [0.5, 0.6) is 0 Å². The van der Waals surface area contributed by atoms with E-state index in [0.29, 0.717) is 10.0 Å². The molecule has 0 saturated carbocycles. The fraction of sp³-hybridized carbons (Fsp3) is 0.300. The normalized spacial score (nSPS) is 11.4. The van der Waals surface area contributed by atoms with E-state index in [0.717, 1.165) is 5.56 Å². The van der Waals surface area contributed by atoms with Crippen LogP contribution in [0.3, 0.4) is 0 Å². The van der Waals surface area contributed by atoms with Crippen LogP contribution < -0.4 is 5.73 Å². The first kappa shape index (κ1) is 11.3. The molecule has 1 aromatic rings. The predicted molar refractivity (Wildman–Crippen MR) is 58.7 cm³/mol. The number of hydrogen-bond acceptors (Lipinski definition) is 1. The highest BCUT2D eigenvalue weighted by molar-refractivity contribution is 6.42. The highest BCUT2D eigenvalue weighted by Gasteiger charge is 2.27. The third kappa shape index (κ3) is 2.02. The fourth-order valence-electron chi connectivity index (χ4n) is 1.03. The van der Waals surface area contributed by atoms with Crippen LogP contribution in [-0.2, 0) is 10.2 Å². The van der Waals surface area contributed by atoms with Crippen molar-refractivity contribution in [3.8, 4) is 0 Å². The van der Waals surface area contributed by atoms with Gasteiger partial charge < -0.3 is 5.73 Å². The van der Waals surface area contributed by atoms with Gasteiger partial charge in [-0.2, -0.15) is 0 Å². The van der Waals surface area contributed by atoms with Gasteiger partial charge in [-0.15, -0.1) is 0 Å². The molecule has 2 nitrogen and oxygen atoms in total. The van der Waals surface area contributed by atoms with Crippen LogP contribution >= 0.6 is 23.2 Å². The van der Waals surface area contributed by atoms with Gasteiger partial charge in [0.25, 0.3) is 0 Å². The minimum Gasteiger partial charge on any atom is -0.369 e. The number of primary amides is 1. The van der Waals surface area contributed by atoms with Crippen molar-refractivity contribution < 1.29 is 4.79 Å². The number of amides is 1. The van der Waals surface area contributed by atoms with E-state index >= 15 is 0 Å². The Bertz CT molecular complexity index is 374. The predicted octanol–water partition coefficient (Wildman–Crippen LogP) is 2.76. The summed E-state index contributed by atoms with van der Waals surface area (Å²) in [5.74, 6) is -0.393. The van der Waals surface area contributed by atoms with Gasteiger partial charge in [0.15, 0.2) is 0 Å². The molecule has 2 N–H and O–H groups in total. The Morgan fingerprint density at radius 2 is 1.86 bits per heavy atom. The first-order valence-corrected chi connectivity index (χ1v) is 4.86. The smallest absolute Gasteiger partial charge is 0.227 e. The molecule has 0 spiro atoms. The number of carbonyl (C=O) groups is 1. The van der Waals surface area contributed by atoms with Gasteiger partial charge in [-0.25, -0.2) is 0 Å². The monoisotopic (exact) mass is 231 g/mol. The number of carbonyl (C=O) groups excluding carboxylic acids is 1. The highest BCUT2D eigenvalue weighted by Crippen LogP contribution is 2.29. The van der Waals surface area contributed by atoms with Crippen LogP contribution in [0.15, 0.2) is 18.2 Å². The molecule has 0 unspecified atom stereocenters. The van der Waals surface area contributed by atoms with Gasteiger partial charge in [0.1, 0.15) is 0 Å². The Morgan fingerprint density at radius 3 is 2.29 bits per heavy atom. The Hall–Kier alpha value is -0.730. The molecule has 4 heteroatoms. The SMILES string of the molecule is CC(C)(C(N)=O)c1ccc(Cl)c(Cl)c1. The lowest BCUT2D eigenvalue weighted by molar-refractivity contribution is -0.122. The van der Waals surface area contributed by atoms with Crippen molar-refractivity contribution in [3.63, 3.8) is 0 Å². The summed E-state index contributed by atoms with van der Waals surface area (Å²) >= 11 is 11.6. The van der Waals surface area contributed by atoms with Gasteiger partial charge in [0.05, 0.1) is 15.5 Å². The first-order valence-electron chi connectivity index (χ1n) is 4.11. The molecule has 0 fully saturated rings. The van der Waals surface area contributed by atoms with Gasteiger partial charge >= 0.3 is 0 Å². The summed E-state index contributed by atoms with van der Waals surface area (Å²) in [7, 11) is 0. The number of rotatable bonds is 2.